The molecule has 1 aliphatic rings. The Morgan fingerprint density at radius 3 is 2.71 bits per heavy atom. The molecule has 150 valence electrons. The number of pyridine rings is 1. The highest BCUT2D eigenvalue weighted by atomic mass is 16.5. The van der Waals surface area contributed by atoms with Gasteiger partial charge in [-0.3, -0.25) is 4.79 Å². The molecule has 1 fully saturated rings. The first-order valence-electron chi connectivity index (χ1n) is 9.91. The van der Waals surface area contributed by atoms with Gasteiger partial charge in [0.1, 0.15) is 0 Å². The lowest BCUT2D eigenvalue weighted by atomic mass is 9.74. The Bertz CT molecular complexity index is 790. The van der Waals surface area contributed by atoms with Crippen molar-refractivity contribution < 1.29 is 14.3 Å². The molecule has 1 aromatic carbocycles. The lowest BCUT2D eigenvalue weighted by Crippen LogP contribution is -2.52. The van der Waals surface area contributed by atoms with Crippen molar-refractivity contribution in [2.24, 2.45) is 11.7 Å². The fraction of sp³-hybridized carbons (Fsp3) is 0.455. The van der Waals surface area contributed by atoms with Crippen LogP contribution in [0.1, 0.15) is 45.1 Å². The number of para-hydroxylation sites is 2. The van der Waals surface area contributed by atoms with Crippen LogP contribution in [0.5, 0.6) is 17.4 Å². The zero-order chi connectivity index (χ0) is 20.0. The molecule has 6 nitrogen and oxygen atoms in total. The minimum atomic E-state index is -0.424. The van der Waals surface area contributed by atoms with E-state index in [-0.39, 0.29) is 11.8 Å². The molecule has 2 atom stereocenters. The molecule has 6 heteroatoms. The summed E-state index contributed by atoms with van der Waals surface area (Å²) < 4.78 is 11.4. The number of hydrogen-bond acceptors (Lipinski definition) is 5. The zero-order valence-electron chi connectivity index (χ0n) is 16.6. The Morgan fingerprint density at radius 1 is 1.25 bits per heavy atom. The van der Waals surface area contributed by atoms with Crippen molar-refractivity contribution >= 4 is 5.91 Å². The molecule has 2 unspecified atom stereocenters. The second-order valence-electron chi connectivity index (χ2n) is 7.51. The zero-order valence-corrected chi connectivity index (χ0v) is 16.6. The summed E-state index contributed by atoms with van der Waals surface area (Å²) in [5.41, 5.74) is 6.80. The Hall–Kier alpha value is -2.60. The van der Waals surface area contributed by atoms with Crippen molar-refractivity contribution in [2.75, 3.05) is 6.61 Å². The lowest BCUT2D eigenvalue weighted by Gasteiger charge is -2.37. The van der Waals surface area contributed by atoms with Gasteiger partial charge in [-0.25, -0.2) is 4.98 Å². The SMILES string of the molecule is CCOc1ccccc1Oc1ccc(CNC(=O)C2CCCCC2(C)N)cn1. The summed E-state index contributed by atoms with van der Waals surface area (Å²) in [5.74, 6) is 1.67. The number of aromatic nitrogens is 1. The summed E-state index contributed by atoms with van der Waals surface area (Å²) in [7, 11) is 0. The molecule has 0 saturated heterocycles. The minimum absolute atomic E-state index is 0.0238. The molecule has 1 aliphatic carbocycles. The van der Waals surface area contributed by atoms with E-state index in [0.717, 1.165) is 31.2 Å². The minimum Gasteiger partial charge on any atom is -0.490 e. The van der Waals surface area contributed by atoms with Crippen LogP contribution in [-0.2, 0) is 11.3 Å². The van der Waals surface area contributed by atoms with Crippen molar-refractivity contribution in [1.82, 2.24) is 10.3 Å². The van der Waals surface area contributed by atoms with Crippen molar-refractivity contribution in [1.29, 1.82) is 0 Å². The third kappa shape index (κ3) is 5.01. The summed E-state index contributed by atoms with van der Waals surface area (Å²) in [4.78, 5) is 16.9. The summed E-state index contributed by atoms with van der Waals surface area (Å²) in [5, 5.41) is 3.00. The third-order valence-electron chi connectivity index (χ3n) is 5.20. The van der Waals surface area contributed by atoms with Crippen LogP contribution in [0, 0.1) is 5.92 Å². The predicted octanol–water partition coefficient (Wildman–Crippen LogP) is 3.80. The second kappa shape index (κ2) is 9.06. The molecule has 0 aliphatic heterocycles. The van der Waals surface area contributed by atoms with Gasteiger partial charge in [-0.2, -0.15) is 0 Å². The number of nitrogens with two attached hydrogens (primary N) is 1. The van der Waals surface area contributed by atoms with E-state index < -0.39 is 5.54 Å². The van der Waals surface area contributed by atoms with Crippen LogP contribution < -0.4 is 20.5 Å². The fourth-order valence-corrected chi connectivity index (χ4v) is 3.60. The van der Waals surface area contributed by atoms with Gasteiger partial charge < -0.3 is 20.5 Å². The number of hydrogen-bond donors (Lipinski definition) is 2. The highest BCUT2D eigenvalue weighted by molar-refractivity contribution is 5.80. The van der Waals surface area contributed by atoms with Gasteiger partial charge in [-0.1, -0.05) is 31.0 Å². The first kappa shape index (κ1) is 20.1. The van der Waals surface area contributed by atoms with Crippen molar-refractivity contribution in [2.45, 2.75) is 51.6 Å². The molecule has 1 saturated carbocycles. The number of nitrogens with one attached hydrogen (secondary N) is 1. The number of amides is 1. The Balaban J connectivity index is 1.57. The van der Waals surface area contributed by atoms with Gasteiger partial charge in [0.25, 0.3) is 0 Å². The standard InChI is InChI=1S/C22H29N3O3/c1-3-27-18-9-4-5-10-19(18)28-20-12-11-16(14-24-20)15-25-21(26)17-8-6-7-13-22(17,2)23/h4-5,9-12,14,17H,3,6-8,13,15,23H2,1-2H3,(H,25,26). The van der Waals surface area contributed by atoms with E-state index in [4.69, 9.17) is 15.2 Å². The van der Waals surface area contributed by atoms with Gasteiger partial charge in [0.2, 0.25) is 11.8 Å². The average Bonchev–Trinajstić information content (AvgIpc) is 2.68. The molecule has 3 N–H and O–H groups in total. The molecular weight excluding hydrogens is 354 g/mol. The molecule has 3 rings (SSSR count). The molecule has 0 radical (unpaired) electrons. The van der Waals surface area contributed by atoms with Crippen LogP contribution in [0.15, 0.2) is 42.6 Å². The number of ether oxygens (including phenoxy) is 2. The molecule has 2 aromatic rings. The molecule has 0 bridgehead atoms. The summed E-state index contributed by atoms with van der Waals surface area (Å²) in [6.07, 6.45) is 5.60. The van der Waals surface area contributed by atoms with Crippen LogP contribution in [-0.4, -0.2) is 23.0 Å². The summed E-state index contributed by atoms with van der Waals surface area (Å²) >= 11 is 0. The molecule has 1 aromatic heterocycles. The highest BCUT2D eigenvalue weighted by Crippen LogP contribution is 2.32. The smallest absolute Gasteiger partial charge is 0.225 e. The lowest BCUT2D eigenvalue weighted by molar-refractivity contribution is -0.128. The van der Waals surface area contributed by atoms with Gasteiger partial charge in [-0.05, 0) is 44.4 Å². The fourth-order valence-electron chi connectivity index (χ4n) is 3.60. The van der Waals surface area contributed by atoms with Crippen molar-refractivity contribution in [3.8, 4) is 17.4 Å². The Kier molecular flexibility index (Phi) is 6.52. The van der Waals surface area contributed by atoms with Crippen LogP contribution in [0.3, 0.4) is 0 Å². The van der Waals surface area contributed by atoms with E-state index >= 15 is 0 Å². The van der Waals surface area contributed by atoms with Crippen LogP contribution in [0.4, 0.5) is 0 Å². The van der Waals surface area contributed by atoms with Gasteiger partial charge in [0.05, 0.1) is 12.5 Å². The first-order valence-corrected chi connectivity index (χ1v) is 9.91. The molecule has 1 amide bonds. The number of benzene rings is 1. The number of rotatable bonds is 7. The third-order valence-corrected chi connectivity index (χ3v) is 5.20. The van der Waals surface area contributed by atoms with Crippen LogP contribution >= 0.6 is 0 Å². The first-order chi connectivity index (χ1) is 13.5. The van der Waals surface area contributed by atoms with Crippen LogP contribution in [0.25, 0.3) is 0 Å². The normalized spacial score (nSPS) is 21.8. The van der Waals surface area contributed by atoms with E-state index in [9.17, 15) is 4.79 Å². The van der Waals surface area contributed by atoms with E-state index in [1.165, 1.54) is 0 Å². The van der Waals surface area contributed by atoms with Crippen molar-refractivity contribution in [3.05, 3.63) is 48.2 Å². The van der Waals surface area contributed by atoms with Crippen LogP contribution in [0.2, 0.25) is 0 Å². The monoisotopic (exact) mass is 383 g/mol. The topological polar surface area (TPSA) is 86.5 Å². The maximum atomic E-state index is 12.5. The quantitative estimate of drug-likeness (QED) is 0.759. The Morgan fingerprint density at radius 2 is 2.04 bits per heavy atom. The van der Waals surface area contributed by atoms with Gasteiger partial charge in [0.15, 0.2) is 11.5 Å². The van der Waals surface area contributed by atoms with E-state index in [1.54, 1.807) is 12.3 Å². The molecular formula is C22H29N3O3. The Labute approximate surface area is 166 Å². The second-order valence-corrected chi connectivity index (χ2v) is 7.51. The van der Waals surface area contributed by atoms with E-state index in [2.05, 4.69) is 10.3 Å². The number of carbonyl (C=O) groups excluding carboxylic acids is 1. The number of nitrogens with zero attached hydrogens (tertiary/aromatic N) is 1. The maximum Gasteiger partial charge on any atom is 0.225 e. The highest BCUT2D eigenvalue weighted by Gasteiger charge is 2.37. The van der Waals surface area contributed by atoms with Crippen molar-refractivity contribution in [3.63, 3.8) is 0 Å². The maximum absolute atomic E-state index is 12.5. The summed E-state index contributed by atoms with van der Waals surface area (Å²) in [6, 6.07) is 11.2. The summed E-state index contributed by atoms with van der Waals surface area (Å²) in [6.45, 7) is 4.90. The van der Waals surface area contributed by atoms with E-state index in [0.29, 0.717) is 30.5 Å². The predicted molar refractivity (Wildman–Crippen MR) is 108 cm³/mol. The largest absolute Gasteiger partial charge is 0.490 e. The molecule has 1 heterocycles. The average molecular weight is 383 g/mol. The van der Waals surface area contributed by atoms with Gasteiger partial charge in [0, 0.05) is 24.3 Å². The number of carbonyl (C=O) groups is 1. The van der Waals surface area contributed by atoms with E-state index in [1.807, 2.05) is 44.2 Å². The molecule has 28 heavy (non-hydrogen) atoms. The van der Waals surface area contributed by atoms with Gasteiger partial charge >= 0.3 is 0 Å². The molecule has 0 spiro atoms. The van der Waals surface area contributed by atoms with Gasteiger partial charge in [-0.15, -0.1) is 0 Å².